The van der Waals surface area contributed by atoms with E-state index in [-0.39, 0.29) is 11.3 Å². The van der Waals surface area contributed by atoms with Crippen molar-refractivity contribution in [2.24, 2.45) is 0 Å². The molecule has 0 bridgehead atoms. The summed E-state index contributed by atoms with van der Waals surface area (Å²) in [6, 6.07) is 9.99. The molecule has 0 aromatic heterocycles. The molecule has 0 aliphatic carbocycles. The van der Waals surface area contributed by atoms with E-state index in [1.165, 1.54) is 30.3 Å². The molecule has 0 spiro atoms. The van der Waals surface area contributed by atoms with Crippen LogP contribution in [0.15, 0.2) is 48.5 Å². The summed E-state index contributed by atoms with van der Waals surface area (Å²) in [4.78, 5) is 34.8. The number of carbonyl (C=O) groups is 3. The monoisotopic (exact) mass is 348 g/mol. The summed E-state index contributed by atoms with van der Waals surface area (Å²) < 4.78 is 30.4. The minimum Gasteiger partial charge on any atom is -0.454 e. The van der Waals surface area contributed by atoms with Crippen molar-refractivity contribution in [1.82, 2.24) is 5.32 Å². The van der Waals surface area contributed by atoms with Crippen molar-refractivity contribution in [3.05, 3.63) is 65.7 Å². The van der Waals surface area contributed by atoms with Gasteiger partial charge in [-0.25, -0.2) is 8.78 Å². The summed E-state index contributed by atoms with van der Waals surface area (Å²) in [6.45, 7) is -1.04. The van der Waals surface area contributed by atoms with Crippen molar-refractivity contribution < 1.29 is 27.9 Å². The second-order valence-electron chi connectivity index (χ2n) is 4.91. The molecule has 0 saturated heterocycles. The van der Waals surface area contributed by atoms with Crippen molar-refractivity contribution in [1.29, 1.82) is 0 Å². The maximum absolute atomic E-state index is 13.0. The van der Waals surface area contributed by atoms with E-state index in [1.54, 1.807) is 0 Å². The van der Waals surface area contributed by atoms with Gasteiger partial charge < -0.3 is 15.4 Å². The van der Waals surface area contributed by atoms with E-state index in [9.17, 15) is 23.2 Å². The van der Waals surface area contributed by atoms with E-state index >= 15 is 0 Å². The zero-order valence-corrected chi connectivity index (χ0v) is 12.9. The molecule has 130 valence electrons. The fourth-order valence-corrected chi connectivity index (χ4v) is 1.82. The van der Waals surface area contributed by atoms with Crippen LogP contribution in [0, 0.1) is 11.6 Å². The number of nitrogens with one attached hydrogen (secondary N) is 2. The van der Waals surface area contributed by atoms with E-state index in [1.807, 2.05) is 0 Å². The molecular weight excluding hydrogens is 334 g/mol. The highest BCUT2D eigenvalue weighted by Crippen LogP contribution is 2.08. The Morgan fingerprint density at radius 3 is 2.36 bits per heavy atom. The Bertz CT molecular complexity index is 778. The standard InChI is InChI=1S/C17H14F2N2O4/c18-12-6-4-11(5-7-12)17(24)20-9-16(23)25-10-15(22)21-14-3-1-2-13(19)8-14/h1-8H,9-10H2,(H,20,24)(H,21,22). The van der Waals surface area contributed by atoms with Crippen molar-refractivity contribution in [2.45, 2.75) is 0 Å². The van der Waals surface area contributed by atoms with Gasteiger partial charge >= 0.3 is 5.97 Å². The first kappa shape index (κ1) is 18.1. The van der Waals surface area contributed by atoms with Gasteiger partial charge in [-0.3, -0.25) is 14.4 Å². The van der Waals surface area contributed by atoms with Crippen LogP contribution in [0.1, 0.15) is 10.4 Å². The molecule has 2 aromatic rings. The maximum atomic E-state index is 13.0. The van der Waals surface area contributed by atoms with Crippen LogP contribution in [-0.4, -0.2) is 30.9 Å². The molecule has 0 aliphatic heterocycles. The summed E-state index contributed by atoms with van der Waals surface area (Å²) in [5.74, 6) is -3.06. The molecule has 0 atom stereocenters. The van der Waals surface area contributed by atoms with Crippen LogP contribution in [0.4, 0.5) is 14.5 Å². The minimum absolute atomic E-state index is 0.179. The Kier molecular flexibility index (Phi) is 6.16. The molecule has 0 aliphatic rings. The number of halogens is 2. The third-order valence-corrected chi connectivity index (χ3v) is 2.97. The van der Waals surface area contributed by atoms with Crippen molar-refractivity contribution in [3.8, 4) is 0 Å². The van der Waals surface area contributed by atoms with Gasteiger partial charge in [-0.1, -0.05) is 6.07 Å². The molecular formula is C17H14F2N2O4. The number of anilines is 1. The highest BCUT2D eigenvalue weighted by molar-refractivity contribution is 5.96. The average Bonchev–Trinajstić information content (AvgIpc) is 2.58. The average molecular weight is 348 g/mol. The van der Waals surface area contributed by atoms with Crippen molar-refractivity contribution in [3.63, 3.8) is 0 Å². The van der Waals surface area contributed by atoms with Gasteiger partial charge in [0.05, 0.1) is 0 Å². The van der Waals surface area contributed by atoms with Gasteiger partial charge in [-0.05, 0) is 42.5 Å². The van der Waals surface area contributed by atoms with Crippen LogP contribution in [-0.2, 0) is 14.3 Å². The van der Waals surface area contributed by atoms with Crippen LogP contribution < -0.4 is 10.6 Å². The van der Waals surface area contributed by atoms with Gasteiger partial charge in [0.1, 0.15) is 18.2 Å². The van der Waals surface area contributed by atoms with E-state index < -0.39 is 42.6 Å². The molecule has 0 heterocycles. The summed E-state index contributed by atoms with van der Waals surface area (Å²) in [5.41, 5.74) is 0.406. The number of hydrogen-bond acceptors (Lipinski definition) is 4. The second kappa shape index (κ2) is 8.53. The zero-order chi connectivity index (χ0) is 18.2. The first-order valence-corrected chi connectivity index (χ1v) is 7.19. The van der Waals surface area contributed by atoms with Gasteiger partial charge in [0.2, 0.25) is 0 Å². The zero-order valence-electron chi connectivity index (χ0n) is 12.9. The largest absolute Gasteiger partial charge is 0.454 e. The molecule has 25 heavy (non-hydrogen) atoms. The molecule has 8 heteroatoms. The SMILES string of the molecule is O=C(COC(=O)CNC(=O)c1ccc(F)cc1)Nc1cccc(F)c1. The number of hydrogen-bond donors (Lipinski definition) is 2. The van der Waals surface area contributed by atoms with Gasteiger partial charge in [0, 0.05) is 11.3 Å². The Morgan fingerprint density at radius 1 is 0.960 bits per heavy atom. The van der Waals surface area contributed by atoms with Crippen LogP contribution >= 0.6 is 0 Å². The topological polar surface area (TPSA) is 84.5 Å². The van der Waals surface area contributed by atoms with E-state index in [0.29, 0.717) is 0 Å². The Balaban J connectivity index is 1.72. The lowest BCUT2D eigenvalue weighted by Crippen LogP contribution is -2.32. The molecule has 0 fully saturated rings. The normalized spacial score (nSPS) is 10.0. The molecule has 2 amide bonds. The number of carbonyl (C=O) groups excluding carboxylic acids is 3. The third kappa shape index (κ3) is 6.02. The van der Waals surface area contributed by atoms with Gasteiger partial charge in [0.25, 0.3) is 11.8 Å². The lowest BCUT2D eigenvalue weighted by molar-refractivity contribution is -0.146. The molecule has 0 radical (unpaired) electrons. The fourth-order valence-electron chi connectivity index (χ4n) is 1.82. The number of benzene rings is 2. The highest BCUT2D eigenvalue weighted by atomic mass is 19.1. The van der Waals surface area contributed by atoms with Crippen molar-refractivity contribution in [2.75, 3.05) is 18.5 Å². The predicted molar refractivity (Wildman–Crippen MR) is 84.7 cm³/mol. The van der Waals surface area contributed by atoms with Crippen LogP contribution in [0.25, 0.3) is 0 Å². The first-order valence-electron chi connectivity index (χ1n) is 7.19. The van der Waals surface area contributed by atoms with Crippen LogP contribution in [0.5, 0.6) is 0 Å². The van der Waals surface area contributed by atoms with Gasteiger partial charge in [0.15, 0.2) is 6.61 Å². The quantitative estimate of drug-likeness (QED) is 0.781. The lowest BCUT2D eigenvalue weighted by atomic mass is 10.2. The Morgan fingerprint density at radius 2 is 1.68 bits per heavy atom. The number of esters is 1. The summed E-state index contributed by atoms with van der Waals surface area (Å²) >= 11 is 0. The third-order valence-electron chi connectivity index (χ3n) is 2.97. The second-order valence-corrected chi connectivity index (χ2v) is 4.91. The number of amides is 2. The summed E-state index contributed by atoms with van der Waals surface area (Å²) in [6.07, 6.45) is 0. The lowest BCUT2D eigenvalue weighted by Gasteiger charge is -2.07. The maximum Gasteiger partial charge on any atom is 0.325 e. The number of rotatable bonds is 6. The van der Waals surface area contributed by atoms with E-state index in [2.05, 4.69) is 10.6 Å². The van der Waals surface area contributed by atoms with Crippen LogP contribution in [0.3, 0.4) is 0 Å². The molecule has 2 rings (SSSR count). The molecule has 0 unspecified atom stereocenters. The summed E-state index contributed by atoms with van der Waals surface area (Å²) in [5, 5.41) is 4.64. The highest BCUT2D eigenvalue weighted by Gasteiger charge is 2.11. The molecule has 2 N–H and O–H groups in total. The van der Waals surface area contributed by atoms with Crippen molar-refractivity contribution >= 4 is 23.5 Å². The van der Waals surface area contributed by atoms with Gasteiger partial charge in [-0.2, -0.15) is 0 Å². The molecule has 2 aromatic carbocycles. The fraction of sp³-hybridized carbons (Fsp3) is 0.118. The molecule has 0 saturated carbocycles. The van der Waals surface area contributed by atoms with Crippen LogP contribution in [0.2, 0.25) is 0 Å². The smallest absolute Gasteiger partial charge is 0.325 e. The minimum atomic E-state index is -0.829. The molecule has 6 nitrogen and oxygen atoms in total. The Hall–Kier alpha value is -3.29. The van der Waals surface area contributed by atoms with Gasteiger partial charge in [-0.15, -0.1) is 0 Å². The predicted octanol–water partition coefficient (Wildman–Crippen LogP) is 1.88. The van der Waals surface area contributed by atoms with E-state index in [4.69, 9.17) is 4.74 Å². The van der Waals surface area contributed by atoms with E-state index in [0.717, 1.165) is 18.2 Å². The Labute approximate surface area is 141 Å². The number of ether oxygens (including phenoxy) is 1. The summed E-state index contributed by atoms with van der Waals surface area (Å²) in [7, 11) is 0. The first-order chi connectivity index (χ1) is 11.9.